The van der Waals surface area contributed by atoms with Crippen LogP contribution < -0.4 is 4.90 Å². The second-order valence-electron chi connectivity index (χ2n) is 4.03. The normalized spacial score (nSPS) is 25.8. The van der Waals surface area contributed by atoms with Gasteiger partial charge in [0, 0.05) is 13.1 Å². The summed E-state index contributed by atoms with van der Waals surface area (Å²) in [5, 5.41) is 24.1. The van der Waals surface area contributed by atoms with Gasteiger partial charge in [0.15, 0.2) is 0 Å². The summed E-state index contributed by atoms with van der Waals surface area (Å²) >= 11 is 1.46. The van der Waals surface area contributed by atoms with Crippen molar-refractivity contribution in [2.45, 2.75) is 19.1 Å². The zero-order valence-electron chi connectivity index (χ0n) is 8.74. The van der Waals surface area contributed by atoms with E-state index in [1.165, 1.54) is 11.3 Å². The monoisotopic (exact) mass is 240 g/mol. The number of imidazole rings is 1. The molecule has 1 fully saturated rings. The Morgan fingerprint density at radius 2 is 2.06 bits per heavy atom. The van der Waals surface area contributed by atoms with Crippen LogP contribution in [0.3, 0.4) is 0 Å². The molecule has 0 bridgehead atoms. The van der Waals surface area contributed by atoms with Crippen LogP contribution in [-0.2, 0) is 0 Å². The van der Waals surface area contributed by atoms with Crippen molar-refractivity contribution in [3.05, 3.63) is 11.9 Å². The van der Waals surface area contributed by atoms with E-state index in [1.54, 1.807) is 4.52 Å². The first-order chi connectivity index (χ1) is 7.63. The van der Waals surface area contributed by atoms with Crippen molar-refractivity contribution in [3.63, 3.8) is 0 Å². The number of anilines is 1. The number of hydrogen-bond acceptors (Lipinski definition) is 6. The molecule has 3 heterocycles. The minimum absolute atomic E-state index is 0.427. The third-order valence-corrected chi connectivity index (χ3v) is 3.67. The van der Waals surface area contributed by atoms with Gasteiger partial charge in [-0.3, -0.25) is 0 Å². The molecule has 0 aliphatic carbocycles. The van der Waals surface area contributed by atoms with E-state index in [1.807, 2.05) is 18.0 Å². The van der Waals surface area contributed by atoms with Crippen LogP contribution in [0.1, 0.15) is 5.69 Å². The fraction of sp³-hybridized carbons (Fsp3) is 0.556. The number of aromatic nitrogens is 3. The molecule has 86 valence electrons. The summed E-state index contributed by atoms with van der Waals surface area (Å²) in [6, 6.07) is 0. The minimum atomic E-state index is -0.682. The Morgan fingerprint density at radius 3 is 2.69 bits per heavy atom. The lowest BCUT2D eigenvalue weighted by Gasteiger charge is -2.11. The molecular weight excluding hydrogens is 228 g/mol. The molecule has 16 heavy (non-hydrogen) atoms. The Balaban J connectivity index is 1.92. The maximum Gasteiger partial charge on any atom is 0.214 e. The topological polar surface area (TPSA) is 73.9 Å². The van der Waals surface area contributed by atoms with E-state index < -0.39 is 12.2 Å². The molecule has 2 atom stereocenters. The van der Waals surface area contributed by atoms with Crippen molar-refractivity contribution in [1.82, 2.24) is 14.6 Å². The molecule has 0 radical (unpaired) electrons. The van der Waals surface area contributed by atoms with Gasteiger partial charge in [0.1, 0.15) is 0 Å². The van der Waals surface area contributed by atoms with Crippen molar-refractivity contribution in [2.75, 3.05) is 18.0 Å². The molecule has 1 aliphatic heterocycles. The Labute approximate surface area is 95.8 Å². The summed E-state index contributed by atoms with van der Waals surface area (Å²) in [5.41, 5.74) is 0.937. The van der Waals surface area contributed by atoms with E-state index in [2.05, 4.69) is 10.1 Å². The quantitative estimate of drug-likeness (QED) is 0.712. The number of nitrogens with zero attached hydrogens (tertiary/aromatic N) is 4. The number of fused-ring (bicyclic) bond motifs is 1. The zero-order valence-corrected chi connectivity index (χ0v) is 9.55. The molecule has 0 amide bonds. The van der Waals surface area contributed by atoms with Crippen molar-refractivity contribution >= 4 is 21.4 Å². The van der Waals surface area contributed by atoms with E-state index in [0.29, 0.717) is 13.1 Å². The van der Waals surface area contributed by atoms with Crippen LogP contribution in [0.25, 0.3) is 4.96 Å². The zero-order chi connectivity index (χ0) is 11.3. The Bertz CT molecular complexity index is 481. The molecule has 0 aromatic carbocycles. The fourth-order valence-electron chi connectivity index (χ4n) is 1.85. The molecule has 7 heteroatoms. The smallest absolute Gasteiger partial charge is 0.214 e. The van der Waals surface area contributed by atoms with Crippen LogP contribution >= 0.6 is 11.3 Å². The third kappa shape index (κ3) is 1.48. The van der Waals surface area contributed by atoms with Gasteiger partial charge in [-0.05, 0) is 6.92 Å². The highest BCUT2D eigenvalue weighted by molar-refractivity contribution is 7.20. The largest absolute Gasteiger partial charge is 0.389 e. The van der Waals surface area contributed by atoms with Gasteiger partial charge in [-0.1, -0.05) is 11.3 Å². The van der Waals surface area contributed by atoms with E-state index in [0.717, 1.165) is 15.8 Å². The molecule has 6 nitrogen and oxygen atoms in total. The molecule has 2 aromatic rings. The van der Waals surface area contributed by atoms with Crippen LogP contribution in [0, 0.1) is 6.92 Å². The molecule has 2 unspecified atom stereocenters. The first-order valence-electron chi connectivity index (χ1n) is 5.07. The maximum atomic E-state index is 9.46. The lowest BCUT2D eigenvalue weighted by atomic mass is 10.3. The summed E-state index contributed by atoms with van der Waals surface area (Å²) in [6.07, 6.45) is 0.494. The minimum Gasteiger partial charge on any atom is -0.389 e. The number of rotatable bonds is 1. The van der Waals surface area contributed by atoms with Crippen LogP contribution in [0.15, 0.2) is 6.20 Å². The predicted octanol–water partition coefficient (Wildman–Crippen LogP) is -0.359. The van der Waals surface area contributed by atoms with Gasteiger partial charge < -0.3 is 15.1 Å². The SMILES string of the molecule is Cc1cn2nc(N3CC(O)C(O)C3)sc2n1. The molecule has 1 saturated heterocycles. The maximum absolute atomic E-state index is 9.46. The van der Waals surface area contributed by atoms with Crippen molar-refractivity contribution < 1.29 is 10.2 Å². The number of aryl methyl sites for hydroxylation is 1. The van der Waals surface area contributed by atoms with Crippen LogP contribution in [0.2, 0.25) is 0 Å². The second kappa shape index (κ2) is 3.41. The van der Waals surface area contributed by atoms with Gasteiger partial charge in [-0.2, -0.15) is 0 Å². The van der Waals surface area contributed by atoms with Crippen LogP contribution in [0.4, 0.5) is 5.13 Å². The highest BCUT2D eigenvalue weighted by Gasteiger charge is 2.31. The van der Waals surface area contributed by atoms with Crippen LogP contribution in [-0.4, -0.2) is 50.1 Å². The summed E-state index contributed by atoms with van der Waals surface area (Å²) in [4.78, 5) is 7.03. The molecule has 2 aromatic heterocycles. The first-order valence-corrected chi connectivity index (χ1v) is 5.89. The summed E-state index contributed by atoms with van der Waals surface area (Å²) < 4.78 is 1.73. The van der Waals surface area contributed by atoms with Gasteiger partial charge in [-0.15, -0.1) is 5.10 Å². The van der Waals surface area contributed by atoms with E-state index >= 15 is 0 Å². The number of hydrogen-bond donors (Lipinski definition) is 2. The second-order valence-corrected chi connectivity index (χ2v) is 4.97. The third-order valence-electron chi connectivity index (χ3n) is 2.68. The Kier molecular flexibility index (Phi) is 2.13. The van der Waals surface area contributed by atoms with Gasteiger partial charge in [0.05, 0.1) is 24.1 Å². The Morgan fingerprint density at radius 1 is 1.38 bits per heavy atom. The average molecular weight is 240 g/mol. The lowest BCUT2D eigenvalue weighted by Crippen LogP contribution is -2.22. The Hall–Kier alpha value is -1.18. The summed E-state index contributed by atoms with van der Waals surface area (Å²) in [5.74, 6) is 0. The predicted molar refractivity (Wildman–Crippen MR) is 59.8 cm³/mol. The number of aliphatic hydroxyl groups excluding tert-OH is 2. The van der Waals surface area contributed by atoms with Gasteiger partial charge >= 0.3 is 0 Å². The van der Waals surface area contributed by atoms with Crippen molar-refractivity contribution in [2.24, 2.45) is 0 Å². The van der Waals surface area contributed by atoms with Gasteiger partial charge in [0.25, 0.3) is 0 Å². The van der Waals surface area contributed by atoms with Gasteiger partial charge in [0.2, 0.25) is 10.1 Å². The molecule has 2 N–H and O–H groups in total. The summed E-state index contributed by atoms with van der Waals surface area (Å²) in [7, 11) is 0. The lowest BCUT2D eigenvalue weighted by molar-refractivity contribution is 0.0572. The molecule has 0 spiro atoms. The molecule has 1 aliphatic rings. The molecular formula is C9H12N4O2S. The van der Waals surface area contributed by atoms with E-state index in [9.17, 15) is 10.2 Å². The van der Waals surface area contributed by atoms with E-state index in [4.69, 9.17) is 0 Å². The average Bonchev–Trinajstić information content (AvgIpc) is 2.80. The summed E-state index contributed by atoms with van der Waals surface area (Å²) in [6.45, 7) is 2.78. The fourth-order valence-corrected chi connectivity index (χ4v) is 2.80. The highest BCUT2D eigenvalue weighted by atomic mass is 32.1. The molecule has 0 saturated carbocycles. The van der Waals surface area contributed by atoms with Crippen molar-refractivity contribution in [1.29, 1.82) is 0 Å². The van der Waals surface area contributed by atoms with Gasteiger partial charge in [-0.25, -0.2) is 9.50 Å². The van der Waals surface area contributed by atoms with Crippen LogP contribution in [0.5, 0.6) is 0 Å². The first kappa shape index (κ1) is 10.0. The number of aliphatic hydroxyl groups is 2. The van der Waals surface area contributed by atoms with E-state index in [-0.39, 0.29) is 0 Å². The molecule has 3 rings (SSSR count). The van der Waals surface area contributed by atoms with Crippen molar-refractivity contribution in [3.8, 4) is 0 Å². The number of β-amino-alcohol motifs (C(OH)–C–C–N with tert-alkyl or cyclic N) is 2. The standard InChI is InChI=1S/C9H12N4O2S/c1-5-2-13-8(10-5)16-9(11-13)12-3-6(14)7(15)4-12/h2,6-7,14-15H,3-4H2,1H3. The highest BCUT2D eigenvalue weighted by Crippen LogP contribution is 2.26.